The number of rotatable bonds is 4. The zero-order valence-electron chi connectivity index (χ0n) is 11.3. The summed E-state index contributed by atoms with van der Waals surface area (Å²) in [6.45, 7) is 0. The van der Waals surface area contributed by atoms with Gasteiger partial charge in [0, 0.05) is 0 Å². The number of hydrazone groups is 1. The minimum absolute atomic E-state index is 0.281. The normalized spacial score (nSPS) is 15.8. The lowest BCUT2D eigenvalue weighted by Gasteiger charge is -2.05. The molecule has 0 unspecified atom stereocenters. The van der Waals surface area contributed by atoms with E-state index in [2.05, 4.69) is 20.7 Å². The Kier molecular flexibility index (Phi) is 3.65. The van der Waals surface area contributed by atoms with E-state index in [4.69, 9.17) is 10.5 Å². The SMILES string of the molecule is COc1ccsc1C1=NN=C(N)/C1=N/Nc1ccccc1. The third-order valence-electron chi connectivity index (χ3n) is 2.86. The number of para-hydroxylation sites is 1. The lowest BCUT2D eigenvalue weighted by atomic mass is 10.2. The van der Waals surface area contributed by atoms with E-state index < -0.39 is 0 Å². The average molecular weight is 299 g/mol. The first kappa shape index (κ1) is 13.3. The van der Waals surface area contributed by atoms with E-state index in [1.54, 1.807) is 7.11 Å². The van der Waals surface area contributed by atoms with Crippen LogP contribution in [-0.2, 0) is 0 Å². The molecule has 1 aliphatic heterocycles. The number of ether oxygens (including phenoxy) is 1. The fourth-order valence-electron chi connectivity index (χ4n) is 1.85. The van der Waals surface area contributed by atoms with E-state index in [1.165, 1.54) is 11.3 Å². The van der Waals surface area contributed by atoms with Crippen LogP contribution in [0.15, 0.2) is 57.1 Å². The summed E-state index contributed by atoms with van der Waals surface area (Å²) in [4.78, 5) is 0.857. The largest absolute Gasteiger partial charge is 0.495 e. The second-order valence-electron chi connectivity index (χ2n) is 4.19. The summed E-state index contributed by atoms with van der Waals surface area (Å²) in [5, 5.41) is 14.2. The lowest BCUT2D eigenvalue weighted by molar-refractivity contribution is 0.416. The highest BCUT2D eigenvalue weighted by Crippen LogP contribution is 2.27. The summed E-state index contributed by atoms with van der Waals surface area (Å²) in [6, 6.07) is 11.5. The Labute approximate surface area is 125 Å². The summed E-state index contributed by atoms with van der Waals surface area (Å²) >= 11 is 1.51. The molecule has 0 saturated heterocycles. The van der Waals surface area contributed by atoms with Gasteiger partial charge in [-0.15, -0.1) is 21.5 Å². The number of hydrogen-bond donors (Lipinski definition) is 2. The maximum atomic E-state index is 5.86. The molecule has 0 spiro atoms. The molecular weight excluding hydrogens is 286 g/mol. The number of nitrogens with two attached hydrogens (primary N) is 1. The van der Waals surface area contributed by atoms with Crippen LogP contribution in [0.1, 0.15) is 4.88 Å². The molecule has 2 heterocycles. The molecule has 2 aromatic rings. The van der Waals surface area contributed by atoms with Crippen molar-refractivity contribution in [1.29, 1.82) is 0 Å². The molecule has 1 aliphatic rings. The second kappa shape index (κ2) is 5.76. The Morgan fingerprint density at radius 3 is 2.76 bits per heavy atom. The first-order chi connectivity index (χ1) is 10.3. The summed E-state index contributed by atoms with van der Waals surface area (Å²) in [5.41, 5.74) is 10.8. The quantitative estimate of drug-likeness (QED) is 0.850. The molecule has 0 saturated carbocycles. The van der Waals surface area contributed by atoms with Crippen LogP contribution < -0.4 is 15.9 Å². The summed E-state index contributed by atoms with van der Waals surface area (Å²) in [7, 11) is 1.62. The Morgan fingerprint density at radius 2 is 2.00 bits per heavy atom. The molecule has 3 N–H and O–H groups in total. The highest BCUT2D eigenvalue weighted by atomic mass is 32.1. The number of thiophene rings is 1. The van der Waals surface area contributed by atoms with E-state index in [1.807, 2.05) is 41.8 Å². The molecule has 0 fully saturated rings. The molecular formula is C14H13N5OS. The van der Waals surface area contributed by atoms with Gasteiger partial charge in [0.2, 0.25) is 0 Å². The van der Waals surface area contributed by atoms with Crippen LogP contribution in [0.25, 0.3) is 0 Å². The van der Waals surface area contributed by atoms with Crippen LogP contribution in [0, 0.1) is 0 Å². The van der Waals surface area contributed by atoms with Gasteiger partial charge in [0.15, 0.2) is 11.5 Å². The van der Waals surface area contributed by atoms with E-state index in [0.29, 0.717) is 11.4 Å². The first-order valence-corrected chi connectivity index (χ1v) is 7.10. The number of anilines is 1. The minimum Gasteiger partial charge on any atom is -0.495 e. The van der Waals surface area contributed by atoms with Gasteiger partial charge in [-0.3, -0.25) is 5.43 Å². The number of amidine groups is 1. The van der Waals surface area contributed by atoms with Gasteiger partial charge >= 0.3 is 0 Å². The third-order valence-corrected chi connectivity index (χ3v) is 3.76. The van der Waals surface area contributed by atoms with Crippen molar-refractivity contribution in [3.8, 4) is 5.75 Å². The molecule has 1 aromatic carbocycles. The van der Waals surface area contributed by atoms with Gasteiger partial charge in [0.25, 0.3) is 0 Å². The van der Waals surface area contributed by atoms with Gasteiger partial charge in [0.05, 0.1) is 17.7 Å². The zero-order valence-corrected chi connectivity index (χ0v) is 12.1. The van der Waals surface area contributed by atoms with Crippen molar-refractivity contribution in [2.75, 3.05) is 12.5 Å². The summed E-state index contributed by atoms with van der Waals surface area (Å²) < 4.78 is 5.31. The van der Waals surface area contributed by atoms with Crippen molar-refractivity contribution in [3.63, 3.8) is 0 Å². The van der Waals surface area contributed by atoms with Gasteiger partial charge in [-0.25, -0.2) is 0 Å². The number of hydrogen-bond acceptors (Lipinski definition) is 7. The smallest absolute Gasteiger partial charge is 0.176 e. The highest BCUT2D eigenvalue weighted by Gasteiger charge is 2.25. The fourth-order valence-corrected chi connectivity index (χ4v) is 2.69. The Morgan fingerprint density at radius 1 is 1.19 bits per heavy atom. The van der Waals surface area contributed by atoms with E-state index in [0.717, 1.165) is 16.3 Å². The topological polar surface area (TPSA) is 84.4 Å². The van der Waals surface area contributed by atoms with Gasteiger partial charge in [0.1, 0.15) is 11.5 Å². The number of benzene rings is 1. The maximum absolute atomic E-state index is 5.86. The molecule has 0 atom stereocenters. The van der Waals surface area contributed by atoms with Crippen LogP contribution in [0.2, 0.25) is 0 Å². The zero-order chi connectivity index (χ0) is 14.7. The van der Waals surface area contributed by atoms with Gasteiger partial charge in [-0.1, -0.05) is 18.2 Å². The highest BCUT2D eigenvalue weighted by molar-refractivity contribution is 7.14. The monoisotopic (exact) mass is 299 g/mol. The lowest BCUT2D eigenvalue weighted by Crippen LogP contribution is -2.28. The van der Waals surface area contributed by atoms with Crippen molar-refractivity contribution < 1.29 is 4.74 Å². The van der Waals surface area contributed by atoms with Crippen LogP contribution in [0.4, 0.5) is 5.69 Å². The average Bonchev–Trinajstić information content (AvgIpc) is 3.12. The van der Waals surface area contributed by atoms with Crippen molar-refractivity contribution in [2.45, 2.75) is 0 Å². The van der Waals surface area contributed by atoms with Crippen LogP contribution in [0.3, 0.4) is 0 Å². The van der Waals surface area contributed by atoms with Crippen LogP contribution >= 0.6 is 11.3 Å². The molecule has 0 radical (unpaired) electrons. The van der Waals surface area contributed by atoms with Crippen molar-refractivity contribution in [2.24, 2.45) is 21.0 Å². The van der Waals surface area contributed by atoms with E-state index in [9.17, 15) is 0 Å². The Balaban J connectivity index is 1.89. The number of nitrogens with one attached hydrogen (secondary N) is 1. The Hall–Kier alpha value is -2.67. The van der Waals surface area contributed by atoms with Crippen molar-refractivity contribution in [1.82, 2.24) is 0 Å². The van der Waals surface area contributed by atoms with Crippen molar-refractivity contribution >= 4 is 34.3 Å². The fraction of sp³-hybridized carbons (Fsp3) is 0.0714. The van der Waals surface area contributed by atoms with Gasteiger partial charge < -0.3 is 10.5 Å². The predicted molar refractivity (Wildman–Crippen MR) is 86.5 cm³/mol. The molecule has 0 amide bonds. The first-order valence-electron chi connectivity index (χ1n) is 6.22. The van der Waals surface area contributed by atoms with Gasteiger partial charge in [-0.05, 0) is 23.6 Å². The van der Waals surface area contributed by atoms with Crippen LogP contribution in [0.5, 0.6) is 5.75 Å². The maximum Gasteiger partial charge on any atom is 0.176 e. The molecule has 0 aliphatic carbocycles. The van der Waals surface area contributed by atoms with Crippen LogP contribution in [-0.4, -0.2) is 24.4 Å². The van der Waals surface area contributed by atoms with E-state index in [-0.39, 0.29) is 5.84 Å². The van der Waals surface area contributed by atoms with E-state index >= 15 is 0 Å². The molecule has 106 valence electrons. The molecule has 6 nitrogen and oxygen atoms in total. The third kappa shape index (κ3) is 2.63. The predicted octanol–water partition coefficient (Wildman–Crippen LogP) is 2.30. The summed E-state index contributed by atoms with van der Waals surface area (Å²) in [6.07, 6.45) is 0. The molecule has 7 heteroatoms. The van der Waals surface area contributed by atoms with Crippen molar-refractivity contribution in [3.05, 3.63) is 46.7 Å². The number of nitrogens with zero attached hydrogens (tertiary/aromatic N) is 3. The molecule has 21 heavy (non-hydrogen) atoms. The molecule has 1 aromatic heterocycles. The Bertz CT molecular complexity index is 733. The van der Waals surface area contributed by atoms with Gasteiger partial charge in [-0.2, -0.15) is 5.10 Å². The number of methoxy groups -OCH3 is 1. The minimum atomic E-state index is 0.281. The molecule has 0 bridgehead atoms. The second-order valence-corrected chi connectivity index (χ2v) is 5.11. The standard InChI is InChI=1S/C14H13N5OS/c1-20-10-7-8-21-13(10)11-12(14(15)19-17-11)18-16-9-5-3-2-4-6-9/h2-8,16H,1H3,(H2,15,18,19). The summed E-state index contributed by atoms with van der Waals surface area (Å²) in [5.74, 6) is 1.01. The molecule has 3 rings (SSSR count).